The van der Waals surface area contributed by atoms with Crippen LogP contribution in [0.4, 0.5) is 0 Å². The third-order valence-electron chi connectivity index (χ3n) is 1.58. The Balaban J connectivity index is 2.07. The lowest BCUT2D eigenvalue weighted by molar-refractivity contribution is -0.118. The van der Waals surface area contributed by atoms with Gasteiger partial charge in [-0.25, -0.2) is 4.98 Å². The topological polar surface area (TPSA) is 68.0 Å². The van der Waals surface area contributed by atoms with E-state index in [0.717, 1.165) is 18.0 Å². The van der Waals surface area contributed by atoms with E-state index in [1.54, 1.807) is 6.20 Å². The molecule has 78 valence electrons. The molecule has 0 radical (unpaired) electrons. The quantitative estimate of drug-likeness (QED) is 0.725. The first-order valence-corrected chi connectivity index (χ1v) is 5.47. The minimum atomic E-state index is -0.260. The second-order valence-corrected chi connectivity index (χ2v) is 4.55. The van der Waals surface area contributed by atoms with Gasteiger partial charge in [-0.2, -0.15) is 0 Å². The Labute approximate surface area is 91.5 Å². The fraction of sp³-hybridized carbons (Fsp3) is 0.500. The molecule has 1 rings (SSSR count). The second-order valence-electron chi connectivity index (χ2n) is 2.80. The second kappa shape index (κ2) is 5.95. The Morgan fingerprint density at radius 2 is 2.50 bits per heavy atom. The minimum absolute atomic E-state index is 0.260. The van der Waals surface area contributed by atoms with Crippen LogP contribution in [-0.4, -0.2) is 17.4 Å². The van der Waals surface area contributed by atoms with Gasteiger partial charge in [-0.3, -0.25) is 4.79 Å². The van der Waals surface area contributed by atoms with Crippen molar-refractivity contribution < 1.29 is 4.79 Å². The Bertz CT molecular complexity index is 303. The fourth-order valence-electron chi connectivity index (χ4n) is 0.953. The normalized spacial score (nSPS) is 10.4. The molecule has 0 saturated carbocycles. The highest BCUT2D eigenvalue weighted by Crippen LogP contribution is 2.17. The van der Waals surface area contributed by atoms with Crippen LogP contribution in [-0.2, 0) is 11.3 Å². The van der Waals surface area contributed by atoms with E-state index in [1.165, 1.54) is 11.3 Å². The van der Waals surface area contributed by atoms with Crippen molar-refractivity contribution in [2.75, 3.05) is 6.54 Å². The molecular weight excluding hydrogens is 222 g/mol. The number of nitrogens with one attached hydrogen (secondary N) is 1. The van der Waals surface area contributed by atoms with Gasteiger partial charge >= 0.3 is 0 Å². The molecule has 14 heavy (non-hydrogen) atoms. The van der Waals surface area contributed by atoms with E-state index < -0.39 is 0 Å². The number of halogens is 1. The molecule has 0 spiro atoms. The number of carbonyl (C=O) groups excluding carboxylic acids is 1. The van der Waals surface area contributed by atoms with E-state index in [-0.39, 0.29) is 5.91 Å². The largest absolute Gasteiger partial charge is 0.370 e. The number of carbonyl (C=O) groups is 1. The van der Waals surface area contributed by atoms with Gasteiger partial charge in [0.25, 0.3) is 0 Å². The van der Waals surface area contributed by atoms with Gasteiger partial charge in [0.15, 0.2) is 0 Å². The molecule has 0 atom stereocenters. The number of hydrogen-bond acceptors (Lipinski definition) is 4. The summed E-state index contributed by atoms with van der Waals surface area (Å²) in [5, 5.41) is 4.10. The summed E-state index contributed by atoms with van der Waals surface area (Å²) in [5.74, 6) is -0.260. The monoisotopic (exact) mass is 233 g/mol. The summed E-state index contributed by atoms with van der Waals surface area (Å²) < 4.78 is 0.693. The van der Waals surface area contributed by atoms with E-state index in [2.05, 4.69) is 10.3 Å². The van der Waals surface area contributed by atoms with Crippen LogP contribution in [0.2, 0.25) is 4.34 Å². The molecule has 0 aromatic carbocycles. The molecule has 1 aromatic rings. The highest BCUT2D eigenvalue weighted by Gasteiger charge is 1.99. The smallest absolute Gasteiger partial charge is 0.217 e. The summed E-state index contributed by atoms with van der Waals surface area (Å²) in [7, 11) is 0. The van der Waals surface area contributed by atoms with Crippen LogP contribution in [0.3, 0.4) is 0 Å². The van der Waals surface area contributed by atoms with Crippen LogP contribution in [0.1, 0.15) is 17.8 Å². The molecule has 0 fully saturated rings. The Morgan fingerprint density at radius 1 is 1.71 bits per heavy atom. The average Bonchev–Trinajstić information content (AvgIpc) is 2.50. The van der Waals surface area contributed by atoms with Gasteiger partial charge in [0.1, 0.15) is 9.34 Å². The molecule has 1 aromatic heterocycles. The summed E-state index contributed by atoms with van der Waals surface area (Å²) in [5.41, 5.74) is 4.99. The van der Waals surface area contributed by atoms with Crippen molar-refractivity contribution in [2.45, 2.75) is 19.4 Å². The summed E-state index contributed by atoms with van der Waals surface area (Å²) >= 11 is 7.16. The number of primary amides is 1. The Hall–Kier alpha value is -0.650. The number of nitrogens with two attached hydrogens (primary N) is 1. The zero-order valence-corrected chi connectivity index (χ0v) is 9.20. The van der Waals surface area contributed by atoms with E-state index in [9.17, 15) is 4.79 Å². The van der Waals surface area contributed by atoms with Gasteiger partial charge in [-0.05, 0) is 13.0 Å². The van der Waals surface area contributed by atoms with Gasteiger partial charge in [-0.15, -0.1) is 11.3 Å². The minimum Gasteiger partial charge on any atom is -0.370 e. The predicted octanol–water partition coefficient (Wildman–Crippen LogP) is 1.15. The number of hydrogen-bond donors (Lipinski definition) is 2. The number of nitrogens with zero attached hydrogens (tertiary/aromatic N) is 1. The third kappa shape index (κ3) is 4.55. The van der Waals surface area contributed by atoms with E-state index in [1.807, 2.05) is 0 Å². The molecule has 4 nitrogen and oxygen atoms in total. The molecule has 0 aliphatic carbocycles. The lowest BCUT2D eigenvalue weighted by Crippen LogP contribution is -2.17. The molecule has 1 amide bonds. The van der Waals surface area contributed by atoms with E-state index in [4.69, 9.17) is 17.3 Å². The molecule has 3 N–H and O–H groups in total. The van der Waals surface area contributed by atoms with Crippen LogP contribution in [0.15, 0.2) is 6.20 Å². The molecule has 0 saturated heterocycles. The lowest BCUT2D eigenvalue weighted by Gasteiger charge is -1.99. The lowest BCUT2D eigenvalue weighted by atomic mass is 10.3. The molecule has 0 bridgehead atoms. The maximum atomic E-state index is 10.4. The first-order valence-electron chi connectivity index (χ1n) is 4.27. The number of aromatic nitrogens is 1. The Kier molecular flexibility index (Phi) is 4.86. The average molecular weight is 234 g/mol. The van der Waals surface area contributed by atoms with Crippen LogP contribution in [0.25, 0.3) is 0 Å². The van der Waals surface area contributed by atoms with Crippen molar-refractivity contribution in [3.05, 3.63) is 15.5 Å². The first kappa shape index (κ1) is 11.4. The zero-order chi connectivity index (χ0) is 10.4. The van der Waals surface area contributed by atoms with Crippen molar-refractivity contribution >= 4 is 28.8 Å². The van der Waals surface area contributed by atoms with Crippen molar-refractivity contribution in [3.63, 3.8) is 0 Å². The molecule has 0 unspecified atom stereocenters. The van der Waals surface area contributed by atoms with Gasteiger partial charge in [-0.1, -0.05) is 11.6 Å². The molecule has 0 aliphatic rings. The van der Waals surface area contributed by atoms with Crippen molar-refractivity contribution in [1.82, 2.24) is 10.3 Å². The maximum Gasteiger partial charge on any atom is 0.217 e. The van der Waals surface area contributed by atoms with Gasteiger partial charge in [0, 0.05) is 13.0 Å². The standard InChI is InChI=1S/C8H12ClN3OS/c9-6-4-12-8(14-6)5-11-3-1-2-7(10)13/h4,11H,1-3,5H2,(H2,10,13). The van der Waals surface area contributed by atoms with E-state index in [0.29, 0.717) is 17.3 Å². The van der Waals surface area contributed by atoms with Crippen molar-refractivity contribution in [1.29, 1.82) is 0 Å². The molecular formula is C8H12ClN3OS. The zero-order valence-electron chi connectivity index (χ0n) is 7.62. The van der Waals surface area contributed by atoms with Crippen LogP contribution in [0.5, 0.6) is 0 Å². The molecule has 1 heterocycles. The summed E-state index contributed by atoms with van der Waals surface area (Å²) in [6, 6.07) is 0. The SMILES string of the molecule is NC(=O)CCCNCc1ncc(Cl)s1. The van der Waals surface area contributed by atoms with Crippen molar-refractivity contribution in [2.24, 2.45) is 5.73 Å². The maximum absolute atomic E-state index is 10.4. The number of amides is 1. The molecule has 6 heteroatoms. The van der Waals surface area contributed by atoms with E-state index >= 15 is 0 Å². The number of thiazole rings is 1. The van der Waals surface area contributed by atoms with Gasteiger partial charge in [0.05, 0.1) is 6.20 Å². The highest BCUT2D eigenvalue weighted by molar-refractivity contribution is 7.15. The van der Waals surface area contributed by atoms with Crippen LogP contribution < -0.4 is 11.1 Å². The number of rotatable bonds is 6. The first-order chi connectivity index (χ1) is 6.68. The fourth-order valence-corrected chi connectivity index (χ4v) is 1.88. The predicted molar refractivity (Wildman–Crippen MR) is 57.3 cm³/mol. The van der Waals surface area contributed by atoms with Gasteiger partial charge in [0.2, 0.25) is 5.91 Å². The van der Waals surface area contributed by atoms with Crippen molar-refractivity contribution in [3.8, 4) is 0 Å². The van der Waals surface area contributed by atoms with Crippen LogP contribution >= 0.6 is 22.9 Å². The van der Waals surface area contributed by atoms with Gasteiger partial charge < -0.3 is 11.1 Å². The van der Waals surface area contributed by atoms with Crippen LogP contribution in [0, 0.1) is 0 Å². The third-order valence-corrected chi connectivity index (χ3v) is 2.69. The summed E-state index contributed by atoms with van der Waals surface area (Å²) in [6.45, 7) is 1.45. The summed E-state index contributed by atoms with van der Waals surface area (Å²) in [4.78, 5) is 14.5. The molecule has 0 aliphatic heterocycles. The highest BCUT2D eigenvalue weighted by atomic mass is 35.5. The Morgan fingerprint density at radius 3 is 3.07 bits per heavy atom. The summed E-state index contributed by atoms with van der Waals surface area (Å²) in [6.07, 6.45) is 2.81.